The largest absolute Gasteiger partial charge is 0.393 e. The standard InChI is InChI=1S/C13H19NO3/c1-10(15)8-9-14-13(16)12(17-2)11-6-4-3-5-7-11/h3-7,10,12,15H,8-9H2,1-2H3,(H,14,16)/t10?,12-/m1/s1. The van der Waals surface area contributed by atoms with E-state index in [1.54, 1.807) is 6.92 Å². The molecule has 0 aliphatic heterocycles. The van der Waals surface area contributed by atoms with Crippen LogP contribution in [0.2, 0.25) is 0 Å². The first-order chi connectivity index (χ1) is 8.15. The van der Waals surface area contributed by atoms with E-state index in [-0.39, 0.29) is 5.91 Å². The molecule has 0 fully saturated rings. The highest BCUT2D eigenvalue weighted by Crippen LogP contribution is 2.15. The van der Waals surface area contributed by atoms with E-state index in [9.17, 15) is 4.79 Å². The number of rotatable bonds is 6. The third kappa shape index (κ3) is 4.54. The molecular formula is C13H19NO3. The van der Waals surface area contributed by atoms with Crippen LogP contribution in [0.25, 0.3) is 0 Å². The molecular weight excluding hydrogens is 218 g/mol. The molecule has 1 rings (SSSR count). The van der Waals surface area contributed by atoms with Crippen molar-refractivity contribution in [3.05, 3.63) is 35.9 Å². The van der Waals surface area contributed by atoms with Crippen molar-refractivity contribution in [3.8, 4) is 0 Å². The number of aliphatic hydroxyl groups is 1. The van der Waals surface area contributed by atoms with Gasteiger partial charge in [0.15, 0.2) is 6.10 Å². The van der Waals surface area contributed by atoms with Crippen LogP contribution in [0, 0.1) is 0 Å². The van der Waals surface area contributed by atoms with E-state index in [0.717, 1.165) is 5.56 Å². The number of carbonyl (C=O) groups excluding carboxylic acids is 1. The van der Waals surface area contributed by atoms with Gasteiger partial charge >= 0.3 is 0 Å². The average Bonchev–Trinajstić information content (AvgIpc) is 2.31. The van der Waals surface area contributed by atoms with Crippen molar-refractivity contribution in [3.63, 3.8) is 0 Å². The second-order valence-corrected chi connectivity index (χ2v) is 3.96. The maximum atomic E-state index is 11.8. The molecule has 1 unspecified atom stereocenters. The monoisotopic (exact) mass is 237 g/mol. The molecule has 1 aromatic carbocycles. The van der Waals surface area contributed by atoms with Gasteiger partial charge in [-0.1, -0.05) is 30.3 Å². The minimum atomic E-state index is -0.592. The zero-order valence-corrected chi connectivity index (χ0v) is 10.2. The lowest BCUT2D eigenvalue weighted by Gasteiger charge is -2.15. The van der Waals surface area contributed by atoms with E-state index in [4.69, 9.17) is 9.84 Å². The minimum Gasteiger partial charge on any atom is -0.393 e. The molecule has 0 spiro atoms. The van der Waals surface area contributed by atoms with Gasteiger partial charge in [-0.15, -0.1) is 0 Å². The summed E-state index contributed by atoms with van der Waals surface area (Å²) in [6.07, 6.45) is -0.463. The van der Waals surface area contributed by atoms with Crippen molar-refractivity contribution in [2.24, 2.45) is 0 Å². The minimum absolute atomic E-state index is 0.181. The van der Waals surface area contributed by atoms with Crippen molar-refractivity contribution in [1.29, 1.82) is 0 Å². The highest BCUT2D eigenvalue weighted by Gasteiger charge is 2.19. The van der Waals surface area contributed by atoms with E-state index in [2.05, 4.69) is 5.32 Å². The Morgan fingerprint density at radius 1 is 1.41 bits per heavy atom. The molecule has 0 bridgehead atoms. The first kappa shape index (κ1) is 13.7. The van der Waals surface area contributed by atoms with Gasteiger partial charge in [0.1, 0.15) is 0 Å². The summed E-state index contributed by atoms with van der Waals surface area (Å²) < 4.78 is 5.18. The van der Waals surface area contributed by atoms with Crippen LogP contribution >= 0.6 is 0 Å². The predicted molar refractivity (Wildman–Crippen MR) is 65.5 cm³/mol. The second kappa shape index (κ2) is 7.04. The normalized spacial score (nSPS) is 14.1. The van der Waals surface area contributed by atoms with E-state index in [0.29, 0.717) is 13.0 Å². The number of hydrogen-bond donors (Lipinski definition) is 2. The van der Waals surface area contributed by atoms with Gasteiger partial charge in [-0.3, -0.25) is 4.79 Å². The third-order valence-corrected chi connectivity index (χ3v) is 2.44. The number of nitrogens with one attached hydrogen (secondary N) is 1. The summed E-state index contributed by atoms with van der Waals surface area (Å²) >= 11 is 0. The Bertz CT molecular complexity index is 338. The quantitative estimate of drug-likeness (QED) is 0.783. The fourth-order valence-corrected chi connectivity index (χ4v) is 1.52. The van der Waals surface area contributed by atoms with E-state index in [1.165, 1.54) is 7.11 Å². The zero-order valence-electron chi connectivity index (χ0n) is 10.2. The number of amides is 1. The molecule has 1 amide bonds. The molecule has 0 aliphatic rings. The van der Waals surface area contributed by atoms with Crippen molar-refractivity contribution in [2.75, 3.05) is 13.7 Å². The van der Waals surface area contributed by atoms with Crippen molar-refractivity contribution in [2.45, 2.75) is 25.6 Å². The zero-order chi connectivity index (χ0) is 12.7. The van der Waals surface area contributed by atoms with Gasteiger partial charge in [-0.05, 0) is 18.9 Å². The summed E-state index contributed by atoms with van der Waals surface area (Å²) in [5.74, 6) is -0.181. The maximum absolute atomic E-state index is 11.8. The predicted octanol–water partition coefficient (Wildman–Crippen LogP) is 1.26. The van der Waals surface area contributed by atoms with Crippen molar-refractivity contribution >= 4 is 5.91 Å². The molecule has 2 N–H and O–H groups in total. The van der Waals surface area contributed by atoms with Crippen LogP contribution in [-0.4, -0.2) is 30.8 Å². The molecule has 0 saturated carbocycles. The Hall–Kier alpha value is -1.39. The lowest BCUT2D eigenvalue weighted by Crippen LogP contribution is -2.32. The smallest absolute Gasteiger partial charge is 0.253 e. The molecule has 4 heteroatoms. The van der Waals surface area contributed by atoms with Gasteiger partial charge < -0.3 is 15.2 Å². The summed E-state index contributed by atoms with van der Waals surface area (Å²) in [5.41, 5.74) is 0.824. The summed E-state index contributed by atoms with van der Waals surface area (Å²) in [6.45, 7) is 2.14. The number of carbonyl (C=O) groups is 1. The first-order valence-corrected chi connectivity index (χ1v) is 5.68. The van der Waals surface area contributed by atoms with Gasteiger partial charge in [0.05, 0.1) is 6.10 Å². The molecule has 2 atom stereocenters. The van der Waals surface area contributed by atoms with E-state index < -0.39 is 12.2 Å². The van der Waals surface area contributed by atoms with Gasteiger partial charge in [-0.2, -0.15) is 0 Å². The highest BCUT2D eigenvalue weighted by molar-refractivity contribution is 5.82. The average molecular weight is 237 g/mol. The Kier molecular flexibility index (Phi) is 5.66. The van der Waals surface area contributed by atoms with Crippen molar-refractivity contribution < 1.29 is 14.6 Å². The fraction of sp³-hybridized carbons (Fsp3) is 0.462. The summed E-state index contributed by atoms with van der Waals surface area (Å²) in [4.78, 5) is 11.8. The summed E-state index contributed by atoms with van der Waals surface area (Å²) in [6, 6.07) is 9.32. The lowest BCUT2D eigenvalue weighted by molar-refractivity contribution is -0.131. The lowest BCUT2D eigenvalue weighted by atomic mass is 10.1. The molecule has 4 nitrogen and oxygen atoms in total. The van der Waals surface area contributed by atoms with Crippen LogP contribution in [0.4, 0.5) is 0 Å². The summed E-state index contributed by atoms with van der Waals surface area (Å²) in [5, 5.41) is 11.8. The SMILES string of the molecule is CO[C@@H](C(=O)NCCC(C)O)c1ccccc1. The second-order valence-electron chi connectivity index (χ2n) is 3.96. The molecule has 0 radical (unpaired) electrons. The van der Waals surface area contributed by atoms with Crippen molar-refractivity contribution in [1.82, 2.24) is 5.32 Å². The summed E-state index contributed by atoms with van der Waals surface area (Å²) in [7, 11) is 1.51. The molecule has 0 aliphatic carbocycles. The topological polar surface area (TPSA) is 58.6 Å². The molecule has 1 aromatic rings. The van der Waals surface area contributed by atoms with Gasteiger partial charge in [-0.25, -0.2) is 0 Å². The Morgan fingerprint density at radius 2 is 2.06 bits per heavy atom. The third-order valence-electron chi connectivity index (χ3n) is 2.44. The van der Waals surface area contributed by atoms with Gasteiger partial charge in [0.25, 0.3) is 5.91 Å². The van der Waals surface area contributed by atoms with E-state index in [1.807, 2.05) is 30.3 Å². The molecule has 17 heavy (non-hydrogen) atoms. The number of ether oxygens (including phenoxy) is 1. The van der Waals surface area contributed by atoms with Crippen LogP contribution in [0.1, 0.15) is 25.0 Å². The Balaban J connectivity index is 2.53. The molecule has 0 aromatic heterocycles. The van der Waals surface area contributed by atoms with Crippen LogP contribution < -0.4 is 5.32 Å². The Morgan fingerprint density at radius 3 is 2.59 bits per heavy atom. The number of benzene rings is 1. The first-order valence-electron chi connectivity index (χ1n) is 5.68. The molecule has 0 saturated heterocycles. The van der Waals surface area contributed by atoms with Crippen LogP contribution in [0.15, 0.2) is 30.3 Å². The van der Waals surface area contributed by atoms with Gasteiger partial charge in [0.2, 0.25) is 0 Å². The number of methoxy groups -OCH3 is 1. The Labute approximate surface area is 102 Å². The van der Waals surface area contributed by atoms with Crippen LogP contribution in [0.5, 0.6) is 0 Å². The van der Waals surface area contributed by atoms with Gasteiger partial charge in [0, 0.05) is 13.7 Å². The van der Waals surface area contributed by atoms with Crippen LogP contribution in [-0.2, 0) is 9.53 Å². The van der Waals surface area contributed by atoms with E-state index >= 15 is 0 Å². The number of hydrogen-bond acceptors (Lipinski definition) is 3. The fourth-order valence-electron chi connectivity index (χ4n) is 1.52. The van der Waals surface area contributed by atoms with Crippen LogP contribution in [0.3, 0.4) is 0 Å². The maximum Gasteiger partial charge on any atom is 0.253 e. The molecule has 94 valence electrons. The highest BCUT2D eigenvalue weighted by atomic mass is 16.5. The number of aliphatic hydroxyl groups excluding tert-OH is 1. The molecule has 0 heterocycles.